The van der Waals surface area contributed by atoms with Gasteiger partial charge >= 0.3 is 5.97 Å². The summed E-state index contributed by atoms with van der Waals surface area (Å²) in [5, 5.41) is 30.5. The second-order valence-corrected chi connectivity index (χ2v) is 6.89. The summed E-state index contributed by atoms with van der Waals surface area (Å²) < 4.78 is 10.9. The lowest BCUT2D eigenvalue weighted by molar-refractivity contribution is -0.384. The number of aromatic nitrogens is 6. The topological polar surface area (TPSA) is 152 Å². The summed E-state index contributed by atoms with van der Waals surface area (Å²) in [6, 6.07) is 13.3. The van der Waals surface area contributed by atoms with Crippen LogP contribution in [-0.2, 0) is 16.1 Å². The number of non-ortho nitro benzene ring substituents is 1. The molecule has 4 aromatic rings. The molecule has 12 nitrogen and oxygen atoms in total. The summed E-state index contributed by atoms with van der Waals surface area (Å²) in [6.45, 7) is 3.31. The SMILES string of the molecule is Cc1ccc(-c2nnn(CC(=O)OC(C)c3nnc(-c4ccc([N+](=O)[O-])cc4)o3)n2)cc1. The number of carbonyl (C=O) groups excluding carboxylic acids is 1. The van der Waals surface area contributed by atoms with Gasteiger partial charge in [0, 0.05) is 23.3 Å². The maximum atomic E-state index is 12.3. The van der Waals surface area contributed by atoms with Crippen molar-refractivity contribution < 1.29 is 18.9 Å². The van der Waals surface area contributed by atoms with E-state index in [2.05, 4.69) is 25.6 Å². The van der Waals surface area contributed by atoms with Crippen molar-refractivity contribution in [3.8, 4) is 22.8 Å². The predicted octanol–water partition coefficient (Wildman–Crippen LogP) is 2.91. The lowest BCUT2D eigenvalue weighted by atomic mass is 10.1. The summed E-state index contributed by atoms with van der Waals surface area (Å²) in [5.41, 5.74) is 2.34. The van der Waals surface area contributed by atoms with Gasteiger partial charge in [0.2, 0.25) is 11.7 Å². The lowest BCUT2D eigenvalue weighted by Gasteiger charge is -2.08. The van der Waals surface area contributed by atoms with Crippen LogP contribution in [0.4, 0.5) is 5.69 Å². The van der Waals surface area contributed by atoms with Gasteiger partial charge in [0.25, 0.3) is 11.6 Å². The molecule has 0 saturated heterocycles. The highest BCUT2D eigenvalue weighted by Crippen LogP contribution is 2.24. The molecule has 0 radical (unpaired) electrons. The normalized spacial score (nSPS) is 11.8. The smallest absolute Gasteiger partial charge is 0.330 e. The van der Waals surface area contributed by atoms with Crippen molar-refractivity contribution >= 4 is 11.7 Å². The molecule has 0 spiro atoms. The molecule has 0 bridgehead atoms. The van der Waals surface area contributed by atoms with E-state index < -0.39 is 17.0 Å². The molecule has 32 heavy (non-hydrogen) atoms. The molecule has 4 rings (SSSR count). The molecular formula is C20H17N7O5. The van der Waals surface area contributed by atoms with Crippen LogP contribution >= 0.6 is 0 Å². The van der Waals surface area contributed by atoms with E-state index in [4.69, 9.17) is 9.15 Å². The molecule has 162 valence electrons. The van der Waals surface area contributed by atoms with Crippen LogP contribution in [0.15, 0.2) is 52.9 Å². The summed E-state index contributed by atoms with van der Waals surface area (Å²) in [4.78, 5) is 23.7. The molecule has 1 atom stereocenters. The molecule has 12 heteroatoms. The van der Waals surface area contributed by atoms with Gasteiger partial charge in [0.1, 0.15) is 0 Å². The molecule has 2 aromatic carbocycles. The number of aryl methyl sites for hydroxylation is 1. The Hall–Kier alpha value is -4.48. The summed E-state index contributed by atoms with van der Waals surface area (Å²) >= 11 is 0. The number of hydrogen-bond acceptors (Lipinski definition) is 10. The molecule has 0 aliphatic rings. The van der Waals surface area contributed by atoms with E-state index >= 15 is 0 Å². The molecule has 0 aliphatic carbocycles. The Bertz CT molecular complexity index is 1250. The summed E-state index contributed by atoms with van der Waals surface area (Å²) in [7, 11) is 0. The first kappa shape index (κ1) is 20.8. The first-order chi connectivity index (χ1) is 15.4. The van der Waals surface area contributed by atoms with Crippen molar-refractivity contribution in [1.29, 1.82) is 0 Å². The third kappa shape index (κ3) is 4.64. The maximum Gasteiger partial charge on any atom is 0.330 e. The predicted molar refractivity (Wildman–Crippen MR) is 109 cm³/mol. The van der Waals surface area contributed by atoms with Crippen LogP contribution < -0.4 is 0 Å². The monoisotopic (exact) mass is 435 g/mol. The third-order valence-corrected chi connectivity index (χ3v) is 4.45. The Kier molecular flexibility index (Phi) is 5.66. The van der Waals surface area contributed by atoms with Gasteiger partial charge in [-0.2, -0.15) is 4.80 Å². The fraction of sp³-hybridized carbons (Fsp3) is 0.200. The van der Waals surface area contributed by atoms with Gasteiger partial charge in [0.05, 0.1) is 4.92 Å². The summed E-state index contributed by atoms with van der Waals surface area (Å²) in [5.74, 6) is 0.0213. The fourth-order valence-corrected chi connectivity index (χ4v) is 2.77. The van der Waals surface area contributed by atoms with Gasteiger partial charge in [-0.3, -0.25) is 10.1 Å². The van der Waals surface area contributed by atoms with E-state index in [-0.39, 0.29) is 24.0 Å². The van der Waals surface area contributed by atoms with E-state index in [1.165, 1.54) is 24.3 Å². The first-order valence-corrected chi connectivity index (χ1v) is 9.51. The van der Waals surface area contributed by atoms with Crippen LogP contribution in [0.1, 0.15) is 24.5 Å². The number of ether oxygens (including phenoxy) is 1. The molecule has 2 aromatic heterocycles. The second-order valence-electron chi connectivity index (χ2n) is 6.89. The Morgan fingerprint density at radius 2 is 1.78 bits per heavy atom. The molecule has 0 aliphatic heterocycles. The minimum atomic E-state index is -0.818. The van der Waals surface area contributed by atoms with Gasteiger partial charge in [-0.1, -0.05) is 29.8 Å². The average molecular weight is 435 g/mol. The van der Waals surface area contributed by atoms with Gasteiger partial charge in [-0.05, 0) is 31.2 Å². The van der Waals surface area contributed by atoms with E-state index in [1.807, 2.05) is 31.2 Å². The number of rotatable bonds is 7. The molecule has 0 fully saturated rings. The van der Waals surface area contributed by atoms with E-state index in [0.717, 1.165) is 15.9 Å². The molecule has 1 unspecified atom stereocenters. The second kappa shape index (κ2) is 8.71. The van der Waals surface area contributed by atoms with Gasteiger partial charge in [-0.15, -0.1) is 20.4 Å². The van der Waals surface area contributed by atoms with Crippen molar-refractivity contribution in [2.24, 2.45) is 0 Å². The first-order valence-electron chi connectivity index (χ1n) is 9.51. The highest BCUT2D eigenvalue weighted by Gasteiger charge is 2.20. The number of nitro groups is 1. The summed E-state index contributed by atoms with van der Waals surface area (Å²) in [6.07, 6.45) is -0.818. The van der Waals surface area contributed by atoms with Crippen LogP contribution in [0, 0.1) is 17.0 Å². The Balaban J connectivity index is 1.37. The minimum absolute atomic E-state index is 0.0527. The highest BCUT2D eigenvalue weighted by molar-refractivity contribution is 5.69. The zero-order valence-electron chi connectivity index (χ0n) is 17.1. The Morgan fingerprint density at radius 3 is 2.47 bits per heavy atom. The third-order valence-electron chi connectivity index (χ3n) is 4.45. The zero-order valence-corrected chi connectivity index (χ0v) is 17.1. The van der Waals surface area contributed by atoms with Gasteiger partial charge in [-0.25, -0.2) is 4.79 Å². The van der Waals surface area contributed by atoms with Crippen LogP contribution in [-0.4, -0.2) is 41.3 Å². The van der Waals surface area contributed by atoms with Crippen molar-refractivity contribution in [1.82, 2.24) is 30.4 Å². The number of nitrogens with zero attached hydrogens (tertiary/aromatic N) is 7. The van der Waals surface area contributed by atoms with Crippen molar-refractivity contribution in [3.63, 3.8) is 0 Å². The van der Waals surface area contributed by atoms with Crippen LogP contribution in [0.2, 0.25) is 0 Å². The molecular weight excluding hydrogens is 418 g/mol. The van der Waals surface area contributed by atoms with Crippen molar-refractivity contribution in [2.75, 3.05) is 0 Å². The number of carbonyl (C=O) groups is 1. The number of nitro benzene ring substituents is 1. The Labute approximate surface area is 181 Å². The number of esters is 1. The van der Waals surface area contributed by atoms with Crippen LogP contribution in [0.5, 0.6) is 0 Å². The Morgan fingerprint density at radius 1 is 1.09 bits per heavy atom. The molecule has 0 N–H and O–H groups in total. The largest absolute Gasteiger partial charge is 0.451 e. The standard InChI is InChI=1S/C20H17N7O5/c1-12-3-5-14(6-4-12)18-21-25-26(24-18)11-17(28)31-13(2)19-22-23-20(32-19)15-7-9-16(10-8-15)27(29)30/h3-10,13H,11H2,1-2H3. The van der Waals surface area contributed by atoms with E-state index in [9.17, 15) is 14.9 Å². The molecule has 2 heterocycles. The average Bonchev–Trinajstić information content (AvgIpc) is 3.44. The number of hydrogen-bond donors (Lipinski definition) is 0. The number of tetrazole rings is 1. The molecule has 0 amide bonds. The lowest BCUT2D eigenvalue weighted by Crippen LogP contribution is -2.17. The van der Waals surface area contributed by atoms with Crippen molar-refractivity contribution in [2.45, 2.75) is 26.5 Å². The zero-order chi connectivity index (χ0) is 22.7. The fourth-order valence-electron chi connectivity index (χ4n) is 2.77. The van der Waals surface area contributed by atoms with E-state index in [1.54, 1.807) is 6.92 Å². The van der Waals surface area contributed by atoms with Gasteiger partial charge < -0.3 is 9.15 Å². The highest BCUT2D eigenvalue weighted by atomic mass is 16.6. The molecule has 0 saturated carbocycles. The van der Waals surface area contributed by atoms with Crippen LogP contribution in [0.3, 0.4) is 0 Å². The number of benzene rings is 2. The maximum absolute atomic E-state index is 12.3. The van der Waals surface area contributed by atoms with E-state index in [0.29, 0.717) is 11.4 Å². The van der Waals surface area contributed by atoms with Crippen molar-refractivity contribution in [3.05, 3.63) is 70.1 Å². The minimum Gasteiger partial charge on any atom is -0.451 e. The van der Waals surface area contributed by atoms with Gasteiger partial charge in [0.15, 0.2) is 12.6 Å². The quantitative estimate of drug-likeness (QED) is 0.240. The van der Waals surface area contributed by atoms with Crippen LogP contribution in [0.25, 0.3) is 22.8 Å².